The largest absolute Gasteiger partial charge is 0.465 e. The van der Waals surface area contributed by atoms with Crippen LogP contribution < -0.4 is 4.74 Å². The number of halogens is 1. The summed E-state index contributed by atoms with van der Waals surface area (Å²) in [6.07, 6.45) is 0. The van der Waals surface area contributed by atoms with Crippen LogP contribution in [-0.4, -0.2) is 13.1 Å². The molecular formula is C15H13FO3. The fraction of sp³-hybridized carbons (Fsp3) is 0.133. The third kappa shape index (κ3) is 2.91. The van der Waals surface area contributed by atoms with Gasteiger partial charge in [-0.2, -0.15) is 0 Å². The first kappa shape index (κ1) is 13.1. The molecule has 0 N–H and O–H groups in total. The lowest BCUT2D eigenvalue weighted by atomic mass is 10.1. The lowest BCUT2D eigenvalue weighted by Crippen LogP contribution is -2.01. The van der Waals surface area contributed by atoms with Gasteiger partial charge in [-0.25, -0.2) is 9.18 Å². The summed E-state index contributed by atoms with van der Waals surface area (Å²) >= 11 is 0. The Balaban J connectivity index is 2.27. The topological polar surface area (TPSA) is 35.5 Å². The summed E-state index contributed by atoms with van der Waals surface area (Å²) in [7, 11) is 1.32. The maximum atomic E-state index is 13.5. The van der Waals surface area contributed by atoms with E-state index in [-0.39, 0.29) is 5.75 Å². The number of esters is 1. The molecule has 0 radical (unpaired) electrons. The van der Waals surface area contributed by atoms with Crippen LogP contribution in [-0.2, 0) is 4.74 Å². The molecule has 2 aromatic carbocycles. The second-order valence-corrected chi connectivity index (χ2v) is 4.00. The van der Waals surface area contributed by atoms with Crippen LogP contribution in [0, 0.1) is 12.7 Å². The standard InChI is InChI=1S/C15H13FO3/c1-10-9-11(15(17)18-2)7-8-13(10)19-14-6-4-3-5-12(14)16/h3-9H,1-2H3. The summed E-state index contributed by atoms with van der Waals surface area (Å²) < 4.78 is 23.6. The molecule has 2 rings (SSSR count). The lowest BCUT2D eigenvalue weighted by molar-refractivity contribution is 0.0600. The van der Waals surface area contributed by atoms with Crippen molar-refractivity contribution in [3.05, 3.63) is 59.4 Å². The van der Waals surface area contributed by atoms with E-state index in [1.165, 1.54) is 13.2 Å². The maximum Gasteiger partial charge on any atom is 0.337 e. The zero-order chi connectivity index (χ0) is 13.8. The first-order valence-electron chi connectivity index (χ1n) is 5.73. The number of hydrogen-bond donors (Lipinski definition) is 0. The van der Waals surface area contributed by atoms with Crippen molar-refractivity contribution in [2.45, 2.75) is 6.92 Å². The Morgan fingerprint density at radius 3 is 2.47 bits per heavy atom. The maximum absolute atomic E-state index is 13.5. The van der Waals surface area contributed by atoms with E-state index in [9.17, 15) is 9.18 Å². The monoisotopic (exact) mass is 260 g/mol. The lowest BCUT2D eigenvalue weighted by Gasteiger charge is -2.10. The third-order valence-electron chi connectivity index (χ3n) is 2.65. The van der Waals surface area contributed by atoms with Crippen molar-refractivity contribution < 1.29 is 18.7 Å². The van der Waals surface area contributed by atoms with Crippen LogP contribution in [0.5, 0.6) is 11.5 Å². The molecule has 19 heavy (non-hydrogen) atoms. The van der Waals surface area contributed by atoms with Gasteiger partial charge in [0.15, 0.2) is 11.6 Å². The van der Waals surface area contributed by atoms with Gasteiger partial charge in [-0.15, -0.1) is 0 Å². The van der Waals surface area contributed by atoms with E-state index in [2.05, 4.69) is 4.74 Å². The number of rotatable bonds is 3. The normalized spacial score (nSPS) is 10.1. The van der Waals surface area contributed by atoms with Crippen molar-refractivity contribution in [2.75, 3.05) is 7.11 Å². The number of carbonyl (C=O) groups is 1. The summed E-state index contributed by atoms with van der Waals surface area (Å²) in [6.45, 7) is 1.78. The molecule has 0 spiro atoms. The second kappa shape index (κ2) is 5.52. The van der Waals surface area contributed by atoms with Gasteiger partial charge >= 0.3 is 5.97 Å². The average Bonchev–Trinajstić information content (AvgIpc) is 2.42. The van der Waals surface area contributed by atoms with Gasteiger partial charge in [0.25, 0.3) is 0 Å². The molecular weight excluding hydrogens is 247 g/mol. The third-order valence-corrected chi connectivity index (χ3v) is 2.65. The molecule has 4 heteroatoms. The van der Waals surface area contributed by atoms with E-state index in [0.717, 1.165) is 5.56 Å². The second-order valence-electron chi connectivity index (χ2n) is 4.00. The first-order valence-corrected chi connectivity index (χ1v) is 5.73. The van der Waals surface area contributed by atoms with Crippen molar-refractivity contribution in [1.29, 1.82) is 0 Å². The Morgan fingerprint density at radius 1 is 1.11 bits per heavy atom. The van der Waals surface area contributed by atoms with E-state index < -0.39 is 11.8 Å². The Bertz CT molecular complexity index is 608. The predicted molar refractivity (Wildman–Crippen MR) is 69.0 cm³/mol. The number of methoxy groups -OCH3 is 1. The minimum Gasteiger partial charge on any atom is -0.465 e. The quantitative estimate of drug-likeness (QED) is 0.789. The molecule has 0 unspecified atom stereocenters. The molecule has 0 aliphatic carbocycles. The van der Waals surface area contributed by atoms with Crippen LogP contribution in [0.25, 0.3) is 0 Å². The smallest absolute Gasteiger partial charge is 0.337 e. The zero-order valence-corrected chi connectivity index (χ0v) is 10.6. The molecule has 0 aromatic heterocycles. The molecule has 0 heterocycles. The summed E-state index contributed by atoms with van der Waals surface area (Å²) in [5.41, 5.74) is 1.16. The Labute approximate surface area is 110 Å². The van der Waals surface area contributed by atoms with Crippen molar-refractivity contribution in [1.82, 2.24) is 0 Å². The van der Waals surface area contributed by atoms with E-state index in [1.54, 1.807) is 43.3 Å². The number of hydrogen-bond acceptors (Lipinski definition) is 3. The number of ether oxygens (including phenoxy) is 2. The van der Waals surface area contributed by atoms with Gasteiger partial charge in [0.1, 0.15) is 5.75 Å². The zero-order valence-electron chi connectivity index (χ0n) is 10.6. The van der Waals surface area contributed by atoms with E-state index >= 15 is 0 Å². The summed E-state index contributed by atoms with van der Waals surface area (Å²) in [6, 6.07) is 11.0. The van der Waals surface area contributed by atoms with Crippen LogP contribution in [0.2, 0.25) is 0 Å². The number of para-hydroxylation sites is 1. The van der Waals surface area contributed by atoms with Gasteiger partial charge in [0.05, 0.1) is 12.7 Å². The van der Waals surface area contributed by atoms with Crippen LogP contribution in [0.4, 0.5) is 4.39 Å². The molecule has 2 aromatic rings. The SMILES string of the molecule is COC(=O)c1ccc(Oc2ccccc2F)c(C)c1. The minimum atomic E-state index is -0.432. The van der Waals surface area contributed by atoms with Crippen molar-refractivity contribution in [3.63, 3.8) is 0 Å². The highest BCUT2D eigenvalue weighted by Crippen LogP contribution is 2.27. The van der Waals surface area contributed by atoms with Gasteiger partial charge in [0.2, 0.25) is 0 Å². The average molecular weight is 260 g/mol. The molecule has 3 nitrogen and oxygen atoms in total. The predicted octanol–water partition coefficient (Wildman–Crippen LogP) is 3.71. The van der Waals surface area contributed by atoms with Gasteiger partial charge in [-0.3, -0.25) is 0 Å². The molecule has 0 atom stereocenters. The number of carbonyl (C=O) groups excluding carboxylic acids is 1. The highest BCUT2D eigenvalue weighted by atomic mass is 19.1. The van der Waals surface area contributed by atoms with Crippen molar-refractivity contribution >= 4 is 5.97 Å². The van der Waals surface area contributed by atoms with E-state index in [4.69, 9.17) is 4.74 Å². The van der Waals surface area contributed by atoms with E-state index in [1.807, 2.05) is 0 Å². The minimum absolute atomic E-state index is 0.149. The van der Waals surface area contributed by atoms with Gasteiger partial charge in [-0.05, 0) is 42.8 Å². The van der Waals surface area contributed by atoms with Crippen molar-refractivity contribution in [2.24, 2.45) is 0 Å². The Kier molecular flexibility index (Phi) is 3.80. The fourth-order valence-corrected chi connectivity index (χ4v) is 1.65. The van der Waals surface area contributed by atoms with Gasteiger partial charge in [0, 0.05) is 0 Å². The Hall–Kier alpha value is -2.36. The Morgan fingerprint density at radius 2 is 1.84 bits per heavy atom. The first-order chi connectivity index (χ1) is 9.11. The summed E-state index contributed by atoms with van der Waals surface area (Å²) in [5.74, 6) is -0.200. The van der Waals surface area contributed by atoms with Gasteiger partial charge < -0.3 is 9.47 Å². The highest BCUT2D eigenvalue weighted by molar-refractivity contribution is 5.89. The van der Waals surface area contributed by atoms with Crippen molar-refractivity contribution in [3.8, 4) is 11.5 Å². The van der Waals surface area contributed by atoms with Crippen LogP contribution in [0.1, 0.15) is 15.9 Å². The molecule has 98 valence electrons. The molecule has 0 saturated heterocycles. The molecule has 0 bridgehead atoms. The van der Waals surface area contributed by atoms with Crippen LogP contribution >= 0.6 is 0 Å². The molecule has 0 amide bonds. The van der Waals surface area contributed by atoms with Gasteiger partial charge in [-0.1, -0.05) is 12.1 Å². The molecule has 0 fully saturated rings. The fourth-order valence-electron chi connectivity index (χ4n) is 1.65. The highest BCUT2D eigenvalue weighted by Gasteiger charge is 2.10. The molecule has 0 aliphatic rings. The molecule has 0 saturated carbocycles. The number of aryl methyl sites for hydroxylation is 1. The van der Waals surface area contributed by atoms with Crippen LogP contribution in [0.15, 0.2) is 42.5 Å². The summed E-state index contributed by atoms with van der Waals surface area (Å²) in [4.78, 5) is 11.4. The number of benzene rings is 2. The summed E-state index contributed by atoms with van der Waals surface area (Å²) in [5, 5.41) is 0. The van der Waals surface area contributed by atoms with Crippen LogP contribution in [0.3, 0.4) is 0 Å². The van der Waals surface area contributed by atoms with E-state index in [0.29, 0.717) is 11.3 Å². The molecule has 0 aliphatic heterocycles.